The molecule has 7 heteroatoms. The zero-order valence-corrected chi connectivity index (χ0v) is 11.0. The third-order valence-electron chi connectivity index (χ3n) is 2.49. The Labute approximate surface area is 116 Å². The van der Waals surface area contributed by atoms with Crippen LogP contribution in [0.4, 0.5) is 0 Å². The Morgan fingerprint density at radius 2 is 1.58 bits per heavy atom. The van der Waals surface area contributed by atoms with E-state index < -0.39 is 24.0 Å². The molecule has 1 rings (SSSR count). The van der Waals surface area contributed by atoms with Crippen molar-refractivity contribution in [3.63, 3.8) is 0 Å². The van der Waals surface area contributed by atoms with Crippen LogP contribution < -0.4 is 10.9 Å². The van der Waals surface area contributed by atoms with Crippen molar-refractivity contribution in [1.29, 1.82) is 0 Å². The lowest BCUT2D eigenvalue weighted by Crippen LogP contribution is -2.53. The summed E-state index contributed by atoms with van der Waals surface area (Å²) >= 11 is 3.88. The van der Waals surface area contributed by atoms with Gasteiger partial charge in [-0.05, 0) is 12.0 Å². The van der Waals surface area contributed by atoms with Crippen LogP contribution in [0.5, 0.6) is 0 Å². The number of benzene rings is 1. The van der Waals surface area contributed by atoms with Crippen molar-refractivity contribution in [3.05, 3.63) is 35.9 Å². The largest absolute Gasteiger partial charge is 0.480 e. The van der Waals surface area contributed by atoms with Crippen LogP contribution in [0, 0.1) is 0 Å². The Kier molecular flexibility index (Phi) is 6.34. The lowest BCUT2D eigenvalue weighted by atomic mass is 10.1. The molecule has 4 N–H and O–H groups in total. The maximum atomic E-state index is 11.1. The number of thiol groups is 1. The van der Waals surface area contributed by atoms with E-state index in [-0.39, 0.29) is 12.2 Å². The predicted molar refractivity (Wildman–Crippen MR) is 73.1 cm³/mol. The highest BCUT2D eigenvalue weighted by Gasteiger charge is 2.21. The zero-order chi connectivity index (χ0) is 14.3. The summed E-state index contributed by atoms with van der Waals surface area (Å²) in [6.45, 7) is 0. The highest BCUT2D eigenvalue weighted by atomic mass is 32.1. The van der Waals surface area contributed by atoms with Gasteiger partial charge in [0.2, 0.25) is 0 Å². The van der Waals surface area contributed by atoms with Crippen LogP contribution in [-0.4, -0.2) is 40.0 Å². The van der Waals surface area contributed by atoms with Gasteiger partial charge in [0, 0.05) is 5.75 Å². The first-order valence-electron chi connectivity index (χ1n) is 5.66. The van der Waals surface area contributed by atoms with Gasteiger partial charge in [-0.3, -0.25) is 9.59 Å². The highest BCUT2D eigenvalue weighted by molar-refractivity contribution is 7.80. The maximum Gasteiger partial charge on any atom is 0.322 e. The molecule has 0 spiro atoms. The Hall–Kier alpha value is -1.57. The van der Waals surface area contributed by atoms with E-state index >= 15 is 0 Å². The summed E-state index contributed by atoms with van der Waals surface area (Å²) < 4.78 is 0. The van der Waals surface area contributed by atoms with E-state index in [0.717, 1.165) is 5.56 Å². The van der Waals surface area contributed by atoms with Gasteiger partial charge in [-0.1, -0.05) is 30.3 Å². The van der Waals surface area contributed by atoms with E-state index in [2.05, 4.69) is 23.5 Å². The molecule has 0 aromatic heterocycles. The average molecular weight is 284 g/mol. The summed E-state index contributed by atoms with van der Waals surface area (Å²) in [5.41, 5.74) is 5.83. The number of hydrazine groups is 1. The number of aliphatic carboxylic acids is 2. The fourth-order valence-electron chi connectivity index (χ4n) is 1.44. The minimum Gasteiger partial charge on any atom is -0.480 e. The quantitative estimate of drug-likeness (QED) is 0.344. The van der Waals surface area contributed by atoms with Crippen LogP contribution in [0.2, 0.25) is 0 Å². The van der Waals surface area contributed by atoms with Crippen molar-refractivity contribution in [2.75, 3.05) is 5.75 Å². The SMILES string of the molecule is O=C(O)[C@H](CS)NN[C@@H](Cc1ccccc1)C(=O)O. The molecule has 19 heavy (non-hydrogen) atoms. The van der Waals surface area contributed by atoms with E-state index in [4.69, 9.17) is 10.2 Å². The van der Waals surface area contributed by atoms with Gasteiger partial charge in [0.15, 0.2) is 0 Å². The number of hydrogen-bond donors (Lipinski definition) is 5. The number of rotatable bonds is 8. The number of hydrogen-bond acceptors (Lipinski definition) is 5. The molecule has 6 nitrogen and oxygen atoms in total. The van der Waals surface area contributed by atoms with Crippen molar-refractivity contribution in [1.82, 2.24) is 10.9 Å². The van der Waals surface area contributed by atoms with Gasteiger partial charge in [-0.15, -0.1) is 0 Å². The molecule has 104 valence electrons. The monoisotopic (exact) mass is 284 g/mol. The highest BCUT2D eigenvalue weighted by Crippen LogP contribution is 2.03. The van der Waals surface area contributed by atoms with Crippen LogP contribution in [0.15, 0.2) is 30.3 Å². The van der Waals surface area contributed by atoms with Crippen LogP contribution in [0.1, 0.15) is 5.56 Å². The Morgan fingerprint density at radius 3 is 2.05 bits per heavy atom. The molecular weight excluding hydrogens is 268 g/mol. The standard InChI is InChI=1S/C12H16N2O4S/c15-11(16)9(6-8-4-2-1-3-5-8)13-14-10(7-19)12(17)18/h1-5,9-10,13-14,19H,6-7H2,(H,15,16)(H,17,18)/t9-,10-/m0/s1. The predicted octanol–water partition coefficient (Wildman–Crippen LogP) is 0.159. The molecule has 0 aliphatic carbocycles. The molecule has 1 aromatic carbocycles. The Bertz CT molecular complexity index is 427. The molecule has 0 unspecified atom stereocenters. The molecule has 0 saturated carbocycles. The third-order valence-corrected chi connectivity index (χ3v) is 2.86. The van der Waals surface area contributed by atoms with Crippen LogP contribution in [0.25, 0.3) is 0 Å². The normalized spacial score (nSPS) is 13.7. The second-order valence-electron chi connectivity index (χ2n) is 3.94. The summed E-state index contributed by atoms with van der Waals surface area (Å²) in [6.07, 6.45) is 0.252. The van der Waals surface area contributed by atoms with Crippen molar-refractivity contribution in [2.45, 2.75) is 18.5 Å². The fraction of sp³-hybridized carbons (Fsp3) is 0.333. The molecular formula is C12H16N2O4S. The molecule has 0 amide bonds. The average Bonchev–Trinajstić information content (AvgIpc) is 2.38. The van der Waals surface area contributed by atoms with Gasteiger partial charge in [-0.2, -0.15) is 12.6 Å². The van der Waals surface area contributed by atoms with Crippen LogP contribution in [-0.2, 0) is 16.0 Å². The van der Waals surface area contributed by atoms with E-state index in [0.29, 0.717) is 0 Å². The topological polar surface area (TPSA) is 98.7 Å². The van der Waals surface area contributed by atoms with Crippen molar-refractivity contribution < 1.29 is 19.8 Å². The molecule has 0 bridgehead atoms. The molecule has 0 aliphatic heterocycles. The van der Waals surface area contributed by atoms with Crippen LogP contribution in [0.3, 0.4) is 0 Å². The van der Waals surface area contributed by atoms with Crippen molar-refractivity contribution in [2.24, 2.45) is 0 Å². The first-order valence-corrected chi connectivity index (χ1v) is 6.29. The molecule has 1 aromatic rings. The second-order valence-corrected chi connectivity index (χ2v) is 4.31. The smallest absolute Gasteiger partial charge is 0.322 e. The molecule has 0 fully saturated rings. The summed E-state index contributed by atoms with van der Waals surface area (Å²) in [5, 5.41) is 17.9. The van der Waals surface area contributed by atoms with Crippen molar-refractivity contribution in [3.8, 4) is 0 Å². The number of carboxylic acids is 2. The van der Waals surface area contributed by atoms with E-state index in [1.54, 1.807) is 0 Å². The van der Waals surface area contributed by atoms with Gasteiger partial charge in [0.05, 0.1) is 0 Å². The zero-order valence-electron chi connectivity index (χ0n) is 10.1. The number of nitrogens with one attached hydrogen (secondary N) is 2. The molecule has 0 saturated heterocycles. The molecule has 0 radical (unpaired) electrons. The minimum atomic E-state index is -1.09. The summed E-state index contributed by atoms with van der Waals surface area (Å²) in [4.78, 5) is 21.9. The van der Waals surface area contributed by atoms with Gasteiger partial charge < -0.3 is 10.2 Å². The Morgan fingerprint density at radius 1 is 1.05 bits per heavy atom. The first-order chi connectivity index (χ1) is 9.04. The van der Waals surface area contributed by atoms with E-state index in [1.165, 1.54) is 0 Å². The van der Waals surface area contributed by atoms with Gasteiger partial charge in [-0.25, -0.2) is 10.9 Å². The summed E-state index contributed by atoms with van der Waals surface area (Å²) in [6, 6.07) is 7.23. The fourth-order valence-corrected chi connectivity index (χ4v) is 1.68. The third kappa shape index (κ3) is 5.29. The van der Waals surface area contributed by atoms with E-state index in [9.17, 15) is 9.59 Å². The Balaban J connectivity index is 2.59. The molecule has 2 atom stereocenters. The summed E-state index contributed by atoms with van der Waals surface area (Å²) in [7, 11) is 0. The lowest BCUT2D eigenvalue weighted by molar-refractivity contribution is -0.142. The van der Waals surface area contributed by atoms with Crippen molar-refractivity contribution >= 4 is 24.6 Å². The number of carboxylic acid groups (broad SMARTS) is 2. The lowest BCUT2D eigenvalue weighted by Gasteiger charge is -2.18. The van der Waals surface area contributed by atoms with Gasteiger partial charge in [0.1, 0.15) is 12.1 Å². The van der Waals surface area contributed by atoms with Gasteiger partial charge in [0.25, 0.3) is 0 Å². The van der Waals surface area contributed by atoms with E-state index in [1.807, 2.05) is 30.3 Å². The van der Waals surface area contributed by atoms with Crippen LogP contribution >= 0.6 is 12.6 Å². The molecule has 0 heterocycles. The first kappa shape index (κ1) is 15.5. The summed E-state index contributed by atoms with van der Waals surface area (Å²) in [5.74, 6) is -2.09. The van der Waals surface area contributed by atoms with Gasteiger partial charge >= 0.3 is 11.9 Å². The molecule has 0 aliphatic rings. The minimum absolute atomic E-state index is 0.0556. The maximum absolute atomic E-state index is 11.1. The second kappa shape index (κ2) is 7.78. The number of carbonyl (C=O) groups is 2.